The third-order valence-electron chi connectivity index (χ3n) is 5.83. The quantitative estimate of drug-likeness (QED) is 0.273. The Balaban J connectivity index is 1.54. The first-order chi connectivity index (χ1) is 17.0. The zero-order chi connectivity index (χ0) is 25.0. The van der Waals surface area contributed by atoms with Gasteiger partial charge >= 0.3 is 0 Å². The standard InChI is InChI=1S/C28H31F3N2O2/c1-2-8-21(9-4-3-7-18-35-26-19-23(30)15-16-24(26)31)28(34)33-27(25-10-5-6-17-32-25)20-11-13-22(29)14-12-20/h5-6,10-17,19,21,27H,2-4,7-9,18H2,1H3,(H,33,34). The van der Waals surface area contributed by atoms with Crippen molar-refractivity contribution >= 4 is 5.91 Å². The maximum Gasteiger partial charge on any atom is 0.223 e. The van der Waals surface area contributed by atoms with E-state index in [1.807, 2.05) is 19.1 Å². The van der Waals surface area contributed by atoms with E-state index >= 15 is 0 Å². The summed E-state index contributed by atoms with van der Waals surface area (Å²) in [5.74, 6) is -1.80. The van der Waals surface area contributed by atoms with Crippen LogP contribution in [0.3, 0.4) is 0 Å². The van der Waals surface area contributed by atoms with Crippen LogP contribution in [0.25, 0.3) is 0 Å². The summed E-state index contributed by atoms with van der Waals surface area (Å²) in [6.45, 7) is 2.31. The minimum Gasteiger partial charge on any atom is -0.490 e. The van der Waals surface area contributed by atoms with Gasteiger partial charge in [0.05, 0.1) is 18.3 Å². The Hall–Kier alpha value is -3.35. The number of carbonyl (C=O) groups excluding carboxylic acids is 1. The second-order valence-electron chi connectivity index (χ2n) is 8.51. The molecular formula is C28H31F3N2O2. The number of nitrogens with one attached hydrogen (secondary N) is 1. The Morgan fingerprint density at radius 2 is 1.71 bits per heavy atom. The summed E-state index contributed by atoms with van der Waals surface area (Å²) in [5.41, 5.74) is 1.44. The van der Waals surface area contributed by atoms with Crippen LogP contribution in [0.4, 0.5) is 13.2 Å². The zero-order valence-corrected chi connectivity index (χ0v) is 19.9. The van der Waals surface area contributed by atoms with Crippen LogP contribution in [0.15, 0.2) is 66.9 Å². The molecule has 0 radical (unpaired) electrons. The van der Waals surface area contributed by atoms with Gasteiger partial charge in [0, 0.05) is 18.2 Å². The molecule has 3 aromatic rings. The molecule has 2 aromatic carbocycles. The van der Waals surface area contributed by atoms with Crippen LogP contribution in [0.1, 0.15) is 62.7 Å². The molecule has 1 aromatic heterocycles. The first-order valence-corrected chi connectivity index (χ1v) is 12.0. The first-order valence-electron chi connectivity index (χ1n) is 12.0. The molecular weight excluding hydrogens is 453 g/mol. The van der Waals surface area contributed by atoms with Crippen molar-refractivity contribution in [3.8, 4) is 5.75 Å². The van der Waals surface area contributed by atoms with E-state index in [1.165, 1.54) is 12.1 Å². The van der Waals surface area contributed by atoms with Crippen molar-refractivity contribution in [3.05, 3.63) is 95.6 Å². The van der Waals surface area contributed by atoms with Crippen molar-refractivity contribution in [1.29, 1.82) is 0 Å². The van der Waals surface area contributed by atoms with Gasteiger partial charge in [-0.15, -0.1) is 0 Å². The minimum absolute atomic E-state index is 0.0649. The largest absolute Gasteiger partial charge is 0.490 e. The monoisotopic (exact) mass is 484 g/mol. The predicted octanol–water partition coefficient (Wildman–Crippen LogP) is 6.76. The predicted molar refractivity (Wildman–Crippen MR) is 129 cm³/mol. The maximum atomic E-state index is 13.6. The lowest BCUT2D eigenvalue weighted by molar-refractivity contribution is -0.126. The van der Waals surface area contributed by atoms with Crippen LogP contribution >= 0.6 is 0 Å². The van der Waals surface area contributed by atoms with Crippen LogP contribution in [0.2, 0.25) is 0 Å². The molecule has 0 saturated carbocycles. The Kier molecular flexibility index (Phi) is 10.1. The highest BCUT2D eigenvalue weighted by Gasteiger charge is 2.23. The number of pyridine rings is 1. The van der Waals surface area contributed by atoms with E-state index in [0.29, 0.717) is 18.5 Å². The molecule has 0 aliphatic rings. The molecule has 4 nitrogen and oxygen atoms in total. The summed E-state index contributed by atoms with van der Waals surface area (Å²) in [6, 6.07) is 14.2. The van der Waals surface area contributed by atoms with E-state index in [9.17, 15) is 18.0 Å². The fourth-order valence-electron chi connectivity index (χ4n) is 3.98. The summed E-state index contributed by atoms with van der Waals surface area (Å²) in [5, 5.41) is 3.11. The van der Waals surface area contributed by atoms with Gasteiger partial charge in [0.2, 0.25) is 5.91 Å². The van der Waals surface area contributed by atoms with Crippen LogP contribution in [-0.2, 0) is 4.79 Å². The Morgan fingerprint density at radius 3 is 2.43 bits per heavy atom. The normalized spacial score (nSPS) is 12.7. The van der Waals surface area contributed by atoms with Gasteiger partial charge in [-0.25, -0.2) is 13.2 Å². The first kappa shape index (κ1) is 26.3. The summed E-state index contributed by atoms with van der Waals surface area (Å²) in [7, 11) is 0. The molecule has 7 heteroatoms. The molecule has 1 N–H and O–H groups in total. The second kappa shape index (κ2) is 13.5. The summed E-state index contributed by atoms with van der Waals surface area (Å²) in [6.07, 6.45) is 6.25. The molecule has 0 fully saturated rings. The Morgan fingerprint density at radius 1 is 0.943 bits per heavy atom. The second-order valence-corrected chi connectivity index (χ2v) is 8.51. The van der Waals surface area contributed by atoms with Crippen molar-refractivity contribution in [2.75, 3.05) is 6.61 Å². The van der Waals surface area contributed by atoms with Gasteiger partial charge < -0.3 is 10.1 Å². The van der Waals surface area contributed by atoms with Crippen molar-refractivity contribution in [2.24, 2.45) is 5.92 Å². The van der Waals surface area contributed by atoms with Gasteiger partial charge in [-0.3, -0.25) is 9.78 Å². The average molecular weight is 485 g/mol. The molecule has 0 saturated heterocycles. The van der Waals surface area contributed by atoms with Crippen molar-refractivity contribution in [1.82, 2.24) is 10.3 Å². The lowest BCUT2D eigenvalue weighted by Gasteiger charge is -2.23. The van der Waals surface area contributed by atoms with Gasteiger partial charge in [-0.1, -0.05) is 44.4 Å². The van der Waals surface area contributed by atoms with Crippen LogP contribution in [0.5, 0.6) is 5.75 Å². The molecule has 2 atom stereocenters. The molecule has 2 unspecified atom stereocenters. The fourth-order valence-corrected chi connectivity index (χ4v) is 3.98. The van der Waals surface area contributed by atoms with E-state index < -0.39 is 17.7 Å². The lowest BCUT2D eigenvalue weighted by atomic mass is 9.94. The summed E-state index contributed by atoms with van der Waals surface area (Å²) < 4.78 is 45.7. The van der Waals surface area contributed by atoms with Gasteiger partial charge in [-0.2, -0.15) is 0 Å². The third kappa shape index (κ3) is 8.12. The molecule has 35 heavy (non-hydrogen) atoms. The van der Waals surface area contributed by atoms with E-state index in [2.05, 4.69) is 10.3 Å². The van der Waals surface area contributed by atoms with Crippen LogP contribution in [0, 0.1) is 23.4 Å². The Bertz CT molecular complexity index is 1060. The van der Waals surface area contributed by atoms with Crippen molar-refractivity contribution in [2.45, 2.75) is 51.5 Å². The Labute approximate surface area is 204 Å². The number of amides is 1. The van der Waals surface area contributed by atoms with Crippen LogP contribution < -0.4 is 10.1 Å². The summed E-state index contributed by atoms with van der Waals surface area (Å²) in [4.78, 5) is 17.6. The SMILES string of the molecule is CCCC(CCCCCOc1cc(F)ccc1F)C(=O)NC(c1ccc(F)cc1)c1ccccn1. The summed E-state index contributed by atoms with van der Waals surface area (Å²) >= 11 is 0. The average Bonchev–Trinajstić information content (AvgIpc) is 2.87. The minimum atomic E-state index is -0.588. The van der Waals surface area contributed by atoms with Gasteiger partial charge in [-0.05, 0) is 61.2 Å². The van der Waals surface area contributed by atoms with Crippen LogP contribution in [-0.4, -0.2) is 17.5 Å². The number of ether oxygens (including phenoxy) is 1. The fraction of sp³-hybridized carbons (Fsp3) is 0.357. The molecule has 1 heterocycles. The highest BCUT2D eigenvalue weighted by atomic mass is 19.1. The number of hydrogen-bond acceptors (Lipinski definition) is 3. The lowest BCUT2D eigenvalue weighted by Crippen LogP contribution is -2.35. The van der Waals surface area contributed by atoms with Gasteiger partial charge in [0.1, 0.15) is 11.6 Å². The number of benzene rings is 2. The number of rotatable bonds is 13. The number of unbranched alkanes of at least 4 members (excludes halogenated alkanes) is 2. The van der Waals surface area contributed by atoms with E-state index in [4.69, 9.17) is 4.74 Å². The molecule has 0 aliphatic heterocycles. The molecule has 1 amide bonds. The topological polar surface area (TPSA) is 51.2 Å². The van der Waals surface area contributed by atoms with E-state index in [0.717, 1.165) is 49.4 Å². The smallest absolute Gasteiger partial charge is 0.223 e. The van der Waals surface area contributed by atoms with Gasteiger partial charge in [0.25, 0.3) is 0 Å². The van der Waals surface area contributed by atoms with Crippen molar-refractivity contribution in [3.63, 3.8) is 0 Å². The van der Waals surface area contributed by atoms with Gasteiger partial charge in [0.15, 0.2) is 11.6 Å². The number of aromatic nitrogens is 1. The highest BCUT2D eigenvalue weighted by Crippen LogP contribution is 2.24. The number of nitrogens with zero attached hydrogens (tertiary/aromatic N) is 1. The zero-order valence-electron chi connectivity index (χ0n) is 19.9. The third-order valence-corrected chi connectivity index (χ3v) is 5.83. The molecule has 3 rings (SSSR count). The highest BCUT2D eigenvalue weighted by molar-refractivity contribution is 5.79. The number of hydrogen-bond donors (Lipinski definition) is 1. The van der Waals surface area contributed by atoms with Crippen molar-refractivity contribution < 1.29 is 22.7 Å². The number of carbonyl (C=O) groups is 1. The van der Waals surface area contributed by atoms with E-state index in [-0.39, 0.29) is 30.0 Å². The molecule has 186 valence electrons. The molecule has 0 aliphatic carbocycles. The maximum absolute atomic E-state index is 13.6. The van der Waals surface area contributed by atoms with E-state index in [1.54, 1.807) is 24.4 Å². The number of halogens is 3. The molecule has 0 spiro atoms. The molecule has 0 bridgehead atoms.